The molecule has 96 valence electrons. The lowest BCUT2D eigenvalue weighted by atomic mass is 10.1. The predicted molar refractivity (Wildman–Crippen MR) is 80.4 cm³/mol. The molecule has 0 spiro atoms. The quantitative estimate of drug-likeness (QED) is 0.792. The Morgan fingerprint density at radius 1 is 1.33 bits per heavy atom. The number of rotatable bonds is 1. The number of piperidine rings is 1. The molecular weight excluding hydrogens is 341 g/mol. The lowest BCUT2D eigenvalue weighted by Gasteiger charge is -2.30. The summed E-state index contributed by atoms with van der Waals surface area (Å²) in [4.78, 5) is 10.9. The van der Waals surface area contributed by atoms with Gasteiger partial charge in [-0.1, -0.05) is 0 Å². The summed E-state index contributed by atoms with van der Waals surface area (Å²) in [5.74, 6) is 0.580. The molecule has 0 aliphatic carbocycles. The van der Waals surface area contributed by atoms with Gasteiger partial charge in [-0.2, -0.15) is 0 Å². The third-order valence-electron chi connectivity index (χ3n) is 3.67. The summed E-state index contributed by atoms with van der Waals surface area (Å²) in [5, 5.41) is 0.997. The van der Waals surface area contributed by atoms with Gasteiger partial charge in [0, 0.05) is 15.8 Å². The number of nitrogens with zero attached hydrogens (tertiary/aromatic N) is 4. The van der Waals surface area contributed by atoms with Gasteiger partial charge < -0.3 is 15.2 Å². The van der Waals surface area contributed by atoms with Gasteiger partial charge in [0.05, 0.1) is 5.39 Å². The van der Waals surface area contributed by atoms with Crippen molar-refractivity contribution in [2.75, 3.05) is 25.9 Å². The first-order chi connectivity index (χ1) is 8.66. The van der Waals surface area contributed by atoms with Gasteiger partial charge in [-0.15, -0.1) is 0 Å². The molecule has 3 heterocycles. The zero-order valence-corrected chi connectivity index (χ0v) is 12.5. The van der Waals surface area contributed by atoms with Gasteiger partial charge in [-0.3, -0.25) is 0 Å². The predicted octanol–water partition coefficient (Wildman–Crippen LogP) is 1.88. The van der Waals surface area contributed by atoms with E-state index in [9.17, 15) is 0 Å². The third kappa shape index (κ3) is 1.97. The smallest absolute Gasteiger partial charge is 0.146 e. The number of nitrogens with two attached hydrogens (primary N) is 1. The van der Waals surface area contributed by atoms with Crippen LogP contribution in [0.25, 0.3) is 11.0 Å². The van der Waals surface area contributed by atoms with Gasteiger partial charge in [0.15, 0.2) is 0 Å². The molecular formula is C12H16IN5. The molecule has 1 aliphatic heterocycles. The SMILES string of the molecule is CN1CCC(n2cc(I)c3c(N)ncnc32)CC1. The van der Waals surface area contributed by atoms with Crippen LogP contribution < -0.4 is 5.73 Å². The fourth-order valence-electron chi connectivity index (χ4n) is 2.61. The van der Waals surface area contributed by atoms with E-state index < -0.39 is 0 Å². The first-order valence-electron chi connectivity index (χ1n) is 6.12. The summed E-state index contributed by atoms with van der Waals surface area (Å²) in [5.41, 5.74) is 6.92. The van der Waals surface area contributed by atoms with Crippen LogP contribution in [-0.2, 0) is 0 Å². The van der Waals surface area contributed by atoms with E-state index in [1.807, 2.05) is 0 Å². The van der Waals surface area contributed by atoms with Crippen molar-refractivity contribution in [1.29, 1.82) is 0 Å². The summed E-state index contributed by atoms with van der Waals surface area (Å²) >= 11 is 2.31. The average Bonchev–Trinajstić information content (AvgIpc) is 2.69. The number of aromatic nitrogens is 3. The van der Waals surface area contributed by atoms with E-state index >= 15 is 0 Å². The second kappa shape index (κ2) is 4.65. The first kappa shape index (κ1) is 12.2. The summed E-state index contributed by atoms with van der Waals surface area (Å²) in [6, 6.07) is 0.529. The van der Waals surface area contributed by atoms with Gasteiger partial charge in [0.2, 0.25) is 0 Å². The Hall–Kier alpha value is -0.890. The van der Waals surface area contributed by atoms with Crippen LogP contribution in [0.3, 0.4) is 0 Å². The molecule has 1 aliphatic rings. The summed E-state index contributed by atoms with van der Waals surface area (Å²) in [7, 11) is 2.17. The highest BCUT2D eigenvalue weighted by Crippen LogP contribution is 2.31. The van der Waals surface area contributed by atoms with Crippen molar-refractivity contribution in [2.24, 2.45) is 0 Å². The van der Waals surface area contributed by atoms with Crippen molar-refractivity contribution in [2.45, 2.75) is 18.9 Å². The van der Waals surface area contributed by atoms with E-state index in [2.05, 4.69) is 55.3 Å². The lowest BCUT2D eigenvalue weighted by molar-refractivity contribution is 0.223. The zero-order valence-electron chi connectivity index (χ0n) is 10.3. The van der Waals surface area contributed by atoms with E-state index in [4.69, 9.17) is 5.73 Å². The number of nitrogen functional groups attached to an aromatic ring is 1. The molecule has 0 atom stereocenters. The Labute approximate surface area is 120 Å². The van der Waals surface area contributed by atoms with Crippen molar-refractivity contribution in [1.82, 2.24) is 19.4 Å². The molecule has 0 saturated carbocycles. The summed E-state index contributed by atoms with van der Waals surface area (Å²) < 4.78 is 3.42. The van der Waals surface area contributed by atoms with E-state index in [1.165, 1.54) is 12.8 Å². The van der Waals surface area contributed by atoms with Crippen LogP contribution in [0.4, 0.5) is 5.82 Å². The van der Waals surface area contributed by atoms with E-state index in [0.717, 1.165) is 27.7 Å². The fraction of sp³-hybridized carbons (Fsp3) is 0.500. The Bertz CT molecular complexity index is 571. The van der Waals surface area contributed by atoms with Gasteiger partial charge in [0.25, 0.3) is 0 Å². The number of halogens is 1. The van der Waals surface area contributed by atoms with Crippen molar-refractivity contribution < 1.29 is 0 Å². The van der Waals surface area contributed by atoms with Crippen LogP contribution in [0.15, 0.2) is 12.5 Å². The second-order valence-corrected chi connectivity index (χ2v) is 6.04. The highest BCUT2D eigenvalue weighted by molar-refractivity contribution is 14.1. The average molecular weight is 357 g/mol. The molecule has 1 fully saturated rings. The fourth-order valence-corrected chi connectivity index (χ4v) is 3.43. The molecule has 2 aromatic heterocycles. The summed E-state index contributed by atoms with van der Waals surface area (Å²) in [6.45, 7) is 2.28. The molecule has 0 amide bonds. The minimum atomic E-state index is 0.529. The molecule has 1 saturated heterocycles. The minimum Gasteiger partial charge on any atom is -0.383 e. The first-order valence-corrected chi connectivity index (χ1v) is 7.19. The lowest BCUT2D eigenvalue weighted by Crippen LogP contribution is -2.31. The highest BCUT2D eigenvalue weighted by Gasteiger charge is 2.22. The molecule has 6 heteroatoms. The highest BCUT2D eigenvalue weighted by atomic mass is 127. The van der Waals surface area contributed by atoms with Crippen LogP contribution >= 0.6 is 22.6 Å². The molecule has 0 radical (unpaired) electrons. The Morgan fingerprint density at radius 2 is 2.06 bits per heavy atom. The van der Waals surface area contributed by atoms with Gasteiger partial charge >= 0.3 is 0 Å². The minimum absolute atomic E-state index is 0.529. The van der Waals surface area contributed by atoms with Gasteiger partial charge in [-0.25, -0.2) is 9.97 Å². The molecule has 18 heavy (non-hydrogen) atoms. The third-order valence-corrected chi connectivity index (χ3v) is 4.49. The van der Waals surface area contributed by atoms with Gasteiger partial charge in [0.1, 0.15) is 17.8 Å². The molecule has 0 aromatic carbocycles. The Morgan fingerprint density at radius 3 is 2.78 bits per heavy atom. The molecule has 2 aromatic rings. The normalized spacial score (nSPS) is 18.6. The number of fused-ring (bicyclic) bond motifs is 1. The van der Waals surface area contributed by atoms with E-state index in [-0.39, 0.29) is 0 Å². The Balaban J connectivity index is 2.05. The molecule has 0 bridgehead atoms. The topological polar surface area (TPSA) is 60.0 Å². The number of hydrogen-bond donors (Lipinski definition) is 1. The van der Waals surface area contributed by atoms with Crippen LogP contribution in [0.5, 0.6) is 0 Å². The van der Waals surface area contributed by atoms with Crippen LogP contribution in [0.1, 0.15) is 18.9 Å². The van der Waals surface area contributed by atoms with E-state index in [0.29, 0.717) is 11.9 Å². The van der Waals surface area contributed by atoms with Crippen molar-refractivity contribution >= 4 is 39.4 Å². The number of likely N-dealkylation sites (tertiary alicyclic amines) is 1. The molecule has 2 N–H and O–H groups in total. The second-order valence-electron chi connectivity index (χ2n) is 4.88. The molecule has 0 unspecified atom stereocenters. The largest absolute Gasteiger partial charge is 0.383 e. The molecule has 3 rings (SSSR count). The maximum atomic E-state index is 5.94. The van der Waals surface area contributed by atoms with Crippen LogP contribution in [0.2, 0.25) is 0 Å². The standard InChI is InChI=1S/C12H16IN5/c1-17-4-2-8(3-5-17)18-6-9(13)10-11(14)15-7-16-12(10)18/h6-8H,2-5H2,1H3,(H2,14,15,16). The monoisotopic (exact) mass is 357 g/mol. The number of hydrogen-bond acceptors (Lipinski definition) is 4. The van der Waals surface area contributed by atoms with Gasteiger partial charge in [-0.05, 0) is 55.6 Å². The zero-order chi connectivity index (χ0) is 12.7. The maximum absolute atomic E-state index is 5.94. The maximum Gasteiger partial charge on any atom is 0.146 e. The number of anilines is 1. The van der Waals surface area contributed by atoms with Crippen molar-refractivity contribution in [3.8, 4) is 0 Å². The Kier molecular flexibility index (Phi) is 3.14. The van der Waals surface area contributed by atoms with Crippen LogP contribution in [-0.4, -0.2) is 39.6 Å². The van der Waals surface area contributed by atoms with Crippen molar-refractivity contribution in [3.63, 3.8) is 0 Å². The van der Waals surface area contributed by atoms with Crippen LogP contribution in [0, 0.1) is 3.57 Å². The van der Waals surface area contributed by atoms with Crippen molar-refractivity contribution in [3.05, 3.63) is 16.1 Å². The molecule has 5 nitrogen and oxygen atoms in total. The summed E-state index contributed by atoms with van der Waals surface area (Å²) in [6.07, 6.45) is 6.05. The van der Waals surface area contributed by atoms with E-state index in [1.54, 1.807) is 6.33 Å².